The number of amides is 1. The summed E-state index contributed by atoms with van der Waals surface area (Å²) in [4.78, 5) is 22.6. The Morgan fingerprint density at radius 2 is 1.82 bits per heavy atom. The van der Waals surface area contributed by atoms with E-state index in [1.54, 1.807) is 34.9 Å². The van der Waals surface area contributed by atoms with Crippen LogP contribution in [0.1, 0.15) is 7.85 Å². The van der Waals surface area contributed by atoms with Gasteiger partial charge < -0.3 is 14.2 Å². The number of anilines is 2. The van der Waals surface area contributed by atoms with E-state index < -0.39 is 16.1 Å². The van der Waals surface area contributed by atoms with Gasteiger partial charge in [-0.25, -0.2) is 18.4 Å². The van der Waals surface area contributed by atoms with Crippen LogP contribution in [0.2, 0.25) is 0 Å². The Morgan fingerprint density at radius 3 is 2.48 bits per heavy atom. The number of hydrogen-bond donors (Lipinski definition) is 1. The van der Waals surface area contributed by atoms with Gasteiger partial charge in [0.1, 0.15) is 5.75 Å². The fourth-order valence-corrected chi connectivity index (χ4v) is 5.33. The molecule has 0 aliphatic carbocycles. The number of carbonyl (C=O) groups excluding carboxylic acids is 1. The standard InChI is InChI=1S/C22H19N5O4S2.H2/c28-21-20(31-18-5-1-16(2-6-18)26-13-10-23-15-26)9-12-27(21)17-3-7-19(8-4-17)33(29,30)25-22-24-11-14-32-22;/h1-8,10-11,13-15,20H,9,12H2,(H,24,25);1H. The number of carbonyl (C=O) groups is 1. The van der Waals surface area contributed by atoms with Crippen LogP contribution in [0.4, 0.5) is 10.8 Å². The second kappa shape index (κ2) is 8.68. The van der Waals surface area contributed by atoms with Crippen LogP contribution in [-0.2, 0) is 14.8 Å². The number of thiazole rings is 1. The molecule has 1 N–H and O–H groups in total. The van der Waals surface area contributed by atoms with E-state index in [9.17, 15) is 13.2 Å². The van der Waals surface area contributed by atoms with Crippen molar-refractivity contribution in [1.29, 1.82) is 0 Å². The van der Waals surface area contributed by atoms with Crippen LogP contribution < -0.4 is 14.4 Å². The maximum absolute atomic E-state index is 12.9. The van der Waals surface area contributed by atoms with Crippen LogP contribution in [0, 0.1) is 0 Å². The van der Waals surface area contributed by atoms with Crippen molar-refractivity contribution in [3.05, 3.63) is 78.8 Å². The molecular weight excluding hydrogens is 462 g/mol. The maximum Gasteiger partial charge on any atom is 0.268 e. The zero-order chi connectivity index (χ0) is 22.8. The second-order valence-electron chi connectivity index (χ2n) is 7.29. The molecular formula is C22H21N5O4S2. The van der Waals surface area contributed by atoms with Gasteiger partial charge in [-0.3, -0.25) is 9.52 Å². The molecule has 1 aliphatic heterocycles. The van der Waals surface area contributed by atoms with Gasteiger partial charge in [0.2, 0.25) is 0 Å². The first-order valence-electron chi connectivity index (χ1n) is 10.1. The monoisotopic (exact) mass is 483 g/mol. The predicted octanol–water partition coefficient (Wildman–Crippen LogP) is 3.56. The Balaban J connectivity index is 0.00000274. The lowest BCUT2D eigenvalue weighted by molar-refractivity contribution is -0.122. The molecule has 1 atom stereocenters. The summed E-state index contributed by atoms with van der Waals surface area (Å²) >= 11 is 1.20. The zero-order valence-corrected chi connectivity index (χ0v) is 18.9. The highest BCUT2D eigenvalue weighted by atomic mass is 32.2. The van der Waals surface area contributed by atoms with Crippen molar-refractivity contribution in [2.24, 2.45) is 0 Å². The third-order valence-corrected chi connectivity index (χ3v) is 7.36. The highest BCUT2D eigenvalue weighted by Crippen LogP contribution is 2.27. The fraction of sp³-hybridized carbons (Fsp3) is 0.136. The van der Waals surface area contributed by atoms with Gasteiger partial charge in [-0.1, -0.05) is 0 Å². The molecule has 4 aromatic rings. The highest BCUT2D eigenvalue weighted by Gasteiger charge is 2.34. The molecule has 0 bridgehead atoms. The summed E-state index contributed by atoms with van der Waals surface area (Å²) in [6.07, 6.45) is 6.72. The van der Waals surface area contributed by atoms with Crippen molar-refractivity contribution >= 4 is 38.1 Å². The van der Waals surface area contributed by atoms with E-state index in [4.69, 9.17) is 4.74 Å². The largest absolute Gasteiger partial charge is 0.481 e. The van der Waals surface area contributed by atoms with Crippen molar-refractivity contribution in [3.8, 4) is 11.4 Å². The molecule has 1 fully saturated rings. The third kappa shape index (κ3) is 4.45. The van der Waals surface area contributed by atoms with Crippen LogP contribution in [-0.4, -0.2) is 41.5 Å². The van der Waals surface area contributed by atoms with Gasteiger partial charge in [-0.2, -0.15) is 0 Å². The summed E-state index contributed by atoms with van der Waals surface area (Å²) in [5.74, 6) is 0.443. The molecule has 0 spiro atoms. The first-order valence-corrected chi connectivity index (χ1v) is 12.4. The lowest BCUT2D eigenvalue weighted by atomic mass is 10.2. The normalized spacial score (nSPS) is 16.2. The topological polar surface area (TPSA) is 106 Å². The van der Waals surface area contributed by atoms with E-state index in [2.05, 4.69) is 14.7 Å². The van der Waals surface area contributed by atoms with Crippen LogP contribution >= 0.6 is 11.3 Å². The van der Waals surface area contributed by atoms with Gasteiger partial charge in [-0.05, 0) is 48.5 Å². The summed E-state index contributed by atoms with van der Waals surface area (Å²) in [5, 5.41) is 1.99. The van der Waals surface area contributed by atoms with Gasteiger partial charge in [0.25, 0.3) is 15.9 Å². The summed E-state index contributed by atoms with van der Waals surface area (Å²) in [5.41, 5.74) is 1.56. The Labute approximate surface area is 195 Å². The Kier molecular flexibility index (Phi) is 5.56. The molecule has 5 rings (SSSR count). The molecule has 0 radical (unpaired) electrons. The number of hydrogen-bond acceptors (Lipinski definition) is 7. The molecule has 1 aliphatic rings. The molecule has 0 saturated carbocycles. The van der Waals surface area contributed by atoms with Crippen molar-refractivity contribution in [2.45, 2.75) is 17.4 Å². The minimum Gasteiger partial charge on any atom is -0.481 e. The number of nitrogens with zero attached hydrogens (tertiary/aromatic N) is 4. The van der Waals surface area contributed by atoms with Gasteiger partial charge in [-0.15, -0.1) is 11.3 Å². The van der Waals surface area contributed by atoms with E-state index in [-0.39, 0.29) is 12.2 Å². The third-order valence-electron chi connectivity index (χ3n) is 5.19. The van der Waals surface area contributed by atoms with Crippen LogP contribution in [0.3, 0.4) is 0 Å². The summed E-state index contributed by atoms with van der Waals surface area (Å²) in [6.45, 7) is 0.486. The SMILES string of the molecule is O=C1C(Oc2ccc(-n3ccnc3)cc2)CCN1c1ccc(S(=O)(=O)Nc2nccs2)cc1.[HH]. The van der Waals surface area contributed by atoms with E-state index in [1.165, 1.54) is 29.7 Å². The van der Waals surface area contributed by atoms with Gasteiger partial charge in [0, 0.05) is 49.7 Å². The Bertz CT molecular complexity index is 1340. The van der Waals surface area contributed by atoms with Crippen molar-refractivity contribution < 1.29 is 19.4 Å². The average molecular weight is 484 g/mol. The number of sulfonamides is 1. The highest BCUT2D eigenvalue weighted by molar-refractivity contribution is 7.93. The lowest BCUT2D eigenvalue weighted by Crippen LogP contribution is -2.32. The molecule has 2 aromatic carbocycles. The lowest BCUT2D eigenvalue weighted by Gasteiger charge is -2.18. The van der Waals surface area contributed by atoms with E-state index in [1.807, 2.05) is 35.0 Å². The minimum atomic E-state index is -3.74. The summed E-state index contributed by atoms with van der Waals surface area (Å²) < 4.78 is 35.2. The van der Waals surface area contributed by atoms with Gasteiger partial charge in [0.05, 0.1) is 11.2 Å². The van der Waals surface area contributed by atoms with Crippen molar-refractivity contribution in [2.75, 3.05) is 16.2 Å². The molecule has 9 nitrogen and oxygen atoms in total. The van der Waals surface area contributed by atoms with Crippen molar-refractivity contribution in [1.82, 2.24) is 14.5 Å². The maximum atomic E-state index is 12.9. The Hall–Kier alpha value is -3.70. The van der Waals surface area contributed by atoms with E-state index in [0.29, 0.717) is 29.5 Å². The quantitative estimate of drug-likeness (QED) is 0.431. The molecule has 3 heterocycles. The molecule has 2 aromatic heterocycles. The molecule has 33 heavy (non-hydrogen) atoms. The minimum absolute atomic E-state index is 0. The van der Waals surface area contributed by atoms with Crippen LogP contribution in [0.5, 0.6) is 5.75 Å². The van der Waals surface area contributed by atoms with E-state index in [0.717, 1.165) is 5.69 Å². The first-order chi connectivity index (χ1) is 16.0. The summed E-state index contributed by atoms with van der Waals surface area (Å²) in [7, 11) is -3.74. The second-order valence-corrected chi connectivity index (χ2v) is 9.86. The number of imidazole rings is 1. The number of aromatic nitrogens is 3. The van der Waals surface area contributed by atoms with Crippen LogP contribution in [0.25, 0.3) is 5.69 Å². The molecule has 1 saturated heterocycles. The molecule has 1 amide bonds. The van der Waals surface area contributed by atoms with E-state index >= 15 is 0 Å². The average Bonchev–Trinajstić information content (AvgIpc) is 3.58. The molecule has 170 valence electrons. The van der Waals surface area contributed by atoms with Gasteiger partial charge >= 0.3 is 0 Å². The smallest absolute Gasteiger partial charge is 0.268 e. The fourth-order valence-electron chi connectivity index (χ4n) is 3.55. The molecule has 1 unspecified atom stereocenters. The zero-order valence-electron chi connectivity index (χ0n) is 17.2. The van der Waals surface area contributed by atoms with Crippen LogP contribution in [0.15, 0.2) is 83.7 Å². The number of rotatable bonds is 7. The van der Waals surface area contributed by atoms with Gasteiger partial charge in [0.15, 0.2) is 11.2 Å². The number of nitrogens with one attached hydrogen (secondary N) is 1. The predicted molar refractivity (Wildman–Crippen MR) is 126 cm³/mol. The molecule has 11 heteroatoms. The summed E-state index contributed by atoms with van der Waals surface area (Å²) in [6, 6.07) is 13.6. The van der Waals surface area contributed by atoms with Crippen molar-refractivity contribution in [3.63, 3.8) is 0 Å². The Morgan fingerprint density at radius 1 is 1.06 bits per heavy atom. The first kappa shape index (κ1) is 21.2. The number of ether oxygens (including phenoxy) is 1. The number of benzene rings is 2.